The van der Waals surface area contributed by atoms with E-state index in [1.54, 1.807) is 11.8 Å². The molecule has 0 aliphatic rings. The van der Waals surface area contributed by atoms with E-state index in [-0.39, 0.29) is 12.3 Å². The number of methoxy groups -OCH3 is 1. The molecule has 8 nitrogen and oxygen atoms in total. The smallest absolute Gasteiger partial charge is 0.265 e. The van der Waals surface area contributed by atoms with Crippen molar-refractivity contribution in [2.75, 3.05) is 12.4 Å². The van der Waals surface area contributed by atoms with E-state index >= 15 is 0 Å². The molecule has 1 N–H and O–H groups in total. The molecule has 0 unspecified atom stereocenters. The zero-order valence-electron chi connectivity index (χ0n) is 15.0. The van der Waals surface area contributed by atoms with Gasteiger partial charge in [0.25, 0.3) is 5.89 Å². The van der Waals surface area contributed by atoms with Crippen molar-refractivity contribution in [3.63, 3.8) is 0 Å². The van der Waals surface area contributed by atoms with Crippen LogP contribution in [-0.4, -0.2) is 33.0 Å². The molecule has 3 aromatic rings. The number of anilines is 1. The number of rotatable bonds is 7. The van der Waals surface area contributed by atoms with E-state index in [9.17, 15) is 4.79 Å². The third-order valence-corrected chi connectivity index (χ3v) is 3.78. The van der Waals surface area contributed by atoms with Gasteiger partial charge in [-0.15, -0.1) is 10.2 Å². The lowest BCUT2D eigenvalue weighted by Gasteiger charge is -2.06. The molecule has 2 heterocycles. The molecular weight excluding hydrogens is 334 g/mol. The van der Waals surface area contributed by atoms with Crippen molar-refractivity contribution < 1.29 is 13.9 Å². The topological polar surface area (TPSA) is 95.1 Å². The number of carbonyl (C=O) groups excluding carboxylic acids is 1. The number of aromatic nitrogens is 4. The van der Waals surface area contributed by atoms with Gasteiger partial charge in [-0.3, -0.25) is 9.48 Å². The first-order valence-electron chi connectivity index (χ1n) is 8.26. The minimum atomic E-state index is -0.115. The van der Waals surface area contributed by atoms with Gasteiger partial charge in [-0.1, -0.05) is 12.1 Å². The predicted molar refractivity (Wildman–Crippen MR) is 95.3 cm³/mol. The second-order valence-electron chi connectivity index (χ2n) is 5.98. The Morgan fingerprint density at radius 3 is 2.88 bits per heavy atom. The van der Waals surface area contributed by atoms with Crippen LogP contribution in [0.4, 0.5) is 5.69 Å². The van der Waals surface area contributed by atoms with E-state index in [1.165, 1.54) is 0 Å². The Bertz CT molecular complexity index is 900. The molecule has 0 aliphatic carbocycles. The fraction of sp³-hybridized carbons (Fsp3) is 0.333. The van der Waals surface area contributed by atoms with Gasteiger partial charge in [-0.2, -0.15) is 5.10 Å². The molecule has 1 amide bonds. The molecule has 136 valence electrons. The van der Waals surface area contributed by atoms with Gasteiger partial charge in [0.1, 0.15) is 5.69 Å². The van der Waals surface area contributed by atoms with Gasteiger partial charge >= 0.3 is 0 Å². The number of carbonyl (C=O) groups is 1. The molecule has 26 heavy (non-hydrogen) atoms. The van der Waals surface area contributed by atoms with Gasteiger partial charge in [0.15, 0.2) is 0 Å². The third kappa shape index (κ3) is 4.34. The van der Waals surface area contributed by atoms with E-state index < -0.39 is 0 Å². The van der Waals surface area contributed by atoms with Crippen LogP contribution in [0.15, 0.2) is 34.7 Å². The minimum Gasteiger partial charge on any atom is -0.419 e. The lowest BCUT2D eigenvalue weighted by molar-refractivity contribution is -0.116. The number of ether oxygens (including phenoxy) is 1. The van der Waals surface area contributed by atoms with Crippen LogP contribution in [-0.2, 0) is 29.6 Å². The van der Waals surface area contributed by atoms with Gasteiger partial charge in [0.05, 0.1) is 12.3 Å². The van der Waals surface area contributed by atoms with Crippen molar-refractivity contribution in [2.24, 2.45) is 7.05 Å². The monoisotopic (exact) mass is 355 g/mol. The van der Waals surface area contributed by atoms with Crippen molar-refractivity contribution in [1.82, 2.24) is 20.0 Å². The molecule has 8 heteroatoms. The highest BCUT2D eigenvalue weighted by atomic mass is 16.5. The van der Waals surface area contributed by atoms with E-state index in [4.69, 9.17) is 9.15 Å². The van der Waals surface area contributed by atoms with Crippen molar-refractivity contribution in [2.45, 2.75) is 26.4 Å². The van der Waals surface area contributed by atoms with Crippen LogP contribution in [0.3, 0.4) is 0 Å². The van der Waals surface area contributed by atoms with Gasteiger partial charge in [0, 0.05) is 32.7 Å². The zero-order valence-corrected chi connectivity index (χ0v) is 15.0. The first-order valence-corrected chi connectivity index (χ1v) is 8.26. The van der Waals surface area contributed by atoms with E-state index in [1.807, 2.05) is 44.3 Å². The maximum absolute atomic E-state index is 12.1. The van der Waals surface area contributed by atoms with Gasteiger partial charge in [-0.05, 0) is 30.7 Å². The first kappa shape index (κ1) is 17.8. The number of amides is 1. The molecule has 2 aromatic heterocycles. The second kappa shape index (κ2) is 7.92. The molecule has 0 fully saturated rings. The number of benzene rings is 1. The van der Waals surface area contributed by atoms with Crippen LogP contribution < -0.4 is 5.32 Å². The van der Waals surface area contributed by atoms with E-state index in [0.717, 1.165) is 22.6 Å². The van der Waals surface area contributed by atoms with Crippen LogP contribution in [0.1, 0.15) is 23.6 Å². The standard InChI is InChI=1S/C18H21N5O3/c1-12-9-15(23(2)22-12)18-21-20-17(26-18)8-7-16(24)19-14-6-4-5-13(10-14)11-25-3/h4-6,9-10H,7-8,11H2,1-3H3,(H,19,24). The SMILES string of the molecule is COCc1cccc(NC(=O)CCc2nnc(-c3cc(C)nn3C)o2)c1. The second-order valence-corrected chi connectivity index (χ2v) is 5.98. The van der Waals surface area contributed by atoms with Gasteiger partial charge < -0.3 is 14.5 Å². The highest BCUT2D eigenvalue weighted by Gasteiger charge is 2.14. The molecule has 3 rings (SSSR count). The molecule has 0 radical (unpaired) electrons. The average molecular weight is 355 g/mol. The van der Waals surface area contributed by atoms with Crippen LogP contribution >= 0.6 is 0 Å². The molecule has 0 spiro atoms. The first-order chi connectivity index (χ1) is 12.5. The Morgan fingerprint density at radius 2 is 2.15 bits per heavy atom. The Balaban J connectivity index is 1.57. The molecule has 0 saturated heterocycles. The van der Waals surface area contributed by atoms with Crippen LogP contribution in [0, 0.1) is 6.92 Å². The van der Waals surface area contributed by atoms with E-state index in [0.29, 0.717) is 24.8 Å². The Hall–Kier alpha value is -3.00. The average Bonchev–Trinajstić information content (AvgIpc) is 3.19. The molecule has 0 saturated carbocycles. The molecule has 1 aromatic carbocycles. The van der Waals surface area contributed by atoms with Crippen molar-refractivity contribution in [1.29, 1.82) is 0 Å². The largest absolute Gasteiger partial charge is 0.419 e. The van der Waals surface area contributed by atoms with Crippen molar-refractivity contribution in [3.8, 4) is 11.6 Å². The normalized spacial score (nSPS) is 10.9. The van der Waals surface area contributed by atoms with Crippen LogP contribution in [0.2, 0.25) is 0 Å². The van der Waals surface area contributed by atoms with Crippen molar-refractivity contribution >= 4 is 11.6 Å². The number of nitrogens with one attached hydrogen (secondary N) is 1. The molecule has 0 aliphatic heterocycles. The lowest BCUT2D eigenvalue weighted by Crippen LogP contribution is -2.12. The predicted octanol–water partition coefficient (Wildman–Crippen LogP) is 2.50. The number of hydrogen-bond donors (Lipinski definition) is 1. The Labute approximate surface area is 151 Å². The Morgan fingerprint density at radius 1 is 1.31 bits per heavy atom. The summed E-state index contributed by atoms with van der Waals surface area (Å²) in [5, 5.41) is 15.2. The molecule has 0 bridgehead atoms. The molecule has 0 atom stereocenters. The minimum absolute atomic E-state index is 0.115. The number of hydrogen-bond acceptors (Lipinski definition) is 6. The third-order valence-electron chi connectivity index (χ3n) is 3.78. The molecular formula is C18H21N5O3. The van der Waals surface area contributed by atoms with Gasteiger partial charge in [0.2, 0.25) is 11.8 Å². The summed E-state index contributed by atoms with van der Waals surface area (Å²) in [6.07, 6.45) is 0.619. The van der Waals surface area contributed by atoms with Crippen molar-refractivity contribution in [3.05, 3.63) is 47.5 Å². The van der Waals surface area contributed by atoms with E-state index in [2.05, 4.69) is 20.6 Å². The fourth-order valence-electron chi connectivity index (χ4n) is 2.62. The highest BCUT2D eigenvalue weighted by molar-refractivity contribution is 5.90. The summed E-state index contributed by atoms with van der Waals surface area (Å²) < 4.78 is 12.4. The maximum atomic E-state index is 12.1. The fourth-order valence-corrected chi connectivity index (χ4v) is 2.62. The number of aryl methyl sites for hydroxylation is 3. The van der Waals surface area contributed by atoms with Gasteiger partial charge in [-0.25, -0.2) is 0 Å². The lowest BCUT2D eigenvalue weighted by atomic mass is 10.2. The summed E-state index contributed by atoms with van der Waals surface area (Å²) in [5.74, 6) is 0.702. The summed E-state index contributed by atoms with van der Waals surface area (Å²) in [4.78, 5) is 12.1. The summed E-state index contributed by atoms with van der Waals surface area (Å²) in [7, 11) is 3.45. The quantitative estimate of drug-likeness (QED) is 0.700. The summed E-state index contributed by atoms with van der Waals surface area (Å²) in [5.41, 5.74) is 3.36. The van der Waals surface area contributed by atoms with Crippen LogP contribution in [0.25, 0.3) is 11.6 Å². The summed E-state index contributed by atoms with van der Waals surface area (Å²) in [6.45, 7) is 2.40. The summed E-state index contributed by atoms with van der Waals surface area (Å²) >= 11 is 0. The summed E-state index contributed by atoms with van der Waals surface area (Å²) in [6, 6.07) is 9.42. The number of nitrogens with zero attached hydrogens (tertiary/aromatic N) is 4. The maximum Gasteiger partial charge on any atom is 0.265 e. The van der Waals surface area contributed by atoms with Crippen LogP contribution in [0.5, 0.6) is 0 Å². The highest BCUT2D eigenvalue weighted by Crippen LogP contribution is 2.19. The zero-order chi connectivity index (χ0) is 18.5. The Kier molecular flexibility index (Phi) is 5.43.